The number of morpholine rings is 1. The standard InChI is InChI=1S/C18H25ClN6OS/c19-18-21-16-15(17(22-18)25-8-10-26-11-9-25)27-14(20-16)12-23-6-2-13(3-7-23)24-4-1-5-24/h13H,1-12H2. The molecule has 0 unspecified atom stereocenters. The Hall–Kier alpha value is -1.06. The van der Waals surface area contributed by atoms with Crippen LogP contribution >= 0.6 is 22.9 Å². The number of hydrogen-bond acceptors (Lipinski definition) is 8. The van der Waals surface area contributed by atoms with Gasteiger partial charge in [0.05, 0.1) is 19.8 Å². The Balaban J connectivity index is 1.31. The molecule has 27 heavy (non-hydrogen) atoms. The van der Waals surface area contributed by atoms with E-state index in [-0.39, 0.29) is 5.28 Å². The van der Waals surface area contributed by atoms with Crippen molar-refractivity contribution in [3.63, 3.8) is 0 Å². The Morgan fingerprint density at radius 1 is 1.00 bits per heavy atom. The molecule has 3 saturated heterocycles. The summed E-state index contributed by atoms with van der Waals surface area (Å²) in [5, 5.41) is 1.38. The van der Waals surface area contributed by atoms with Crippen LogP contribution in [0.3, 0.4) is 0 Å². The SMILES string of the molecule is Clc1nc(N2CCOCC2)c2sc(CN3CCC(N4CCC4)CC3)nc2n1. The van der Waals surface area contributed by atoms with Gasteiger partial charge in [0.1, 0.15) is 9.71 Å². The van der Waals surface area contributed by atoms with Crippen molar-refractivity contribution in [1.29, 1.82) is 0 Å². The summed E-state index contributed by atoms with van der Waals surface area (Å²) in [5.74, 6) is 0.911. The molecule has 3 fully saturated rings. The normalized spacial score (nSPS) is 23.1. The van der Waals surface area contributed by atoms with Crippen LogP contribution in [0.1, 0.15) is 24.3 Å². The molecule has 0 saturated carbocycles. The van der Waals surface area contributed by atoms with E-state index in [1.807, 2.05) is 0 Å². The summed E-state index contributed by atoms with van der Waals surface area (Å²) in [6, 6.07) is 0.794. The van der Waals surface area contributed by atoms with E-state index in [1.165, 1.54) is 32.4 Å². The number of fused-ring (bicyclic) bond motifs is 1. The van der Waals surface area contributed by atoms with Crippen LogP contribution in [0.4, 0.5) is 5.82 Å². The van der Waals surface area contributed by atoms with Crippen LogP contribution < -0.4 is 4.90 Å². The second kappa shape index (κ2) is 7.75. The Labute approximate surface area is 168 Å². The van der Waals surface area contributed by atoms with Gasteiger partial charge in [0.25, 0.3) is 0 Å². The first-order chi connectivity index (χ1) is 13.3. The predicted molar refractivity (Wildman–Crippen MR) is 108 cm³/mol. The lowest BCUT2D eigenvalue weighted by Gasteiger charge is -2.42. The lowest BCUT2D eigenvalue weighted by atomic mass is 10.00. The summed E-state index contributed by atoms with van der Waals surface area (Å²) >= 11 is 7.89. The van der Waals surface area contributed by atoms with Gasteiger partial charge in [-0.3, -0.25) is 4.90 Å². The van der Waals surface area contributed by atoms with E-state index in [4.69, 9.17) is 21.3 Å². The van der Waals surface area contributed by atoms with E-state index < -0.39 is 0 Å². The number of thiazole rings is 1. The first-order valence-electron chi connectivity index (χ1n) is 9.88. The number of rotatable bonds is 4. The highest BCUT2D eigenvalue weighted by molar-refractivity contribution is 7.19. The van der Waals surface area contributed by atoms with Gasteiger partial charge >= 0.3 is 0 Å². The van der Waals surface area contributed by atoms with E-state index >= 15 is 0 Å². The van der Waals surface area contributed by atoms with E-state index in [0.717, 1.165) is 73.2 Å². The van der Waals surface area contributed by atoms with Crippen LogP contribution in [0, 0.1) is 0 Å². The second-order valence-corrected chi connectivity index (χ2v) is 8.99. The molecule has 146 valence electrons. The molecule has 0 bridgehead atoms. The average molecular weight is 409 g/mol. The Kier molecular flexibility index (Phi) is 5.17. The van der Waals surface area contributed by atoms with Crippen LogP contribution in [-0.4, -0.2) is 83.3 Å². The molecule has 0 N–H and O–H groups in total. The predicted octanol–water partition coefficient (Wildman–Crippen LogP) is 2.25. The van der Waals surface area contributed by atoms with Crippen LogP contribution in [0.2, 0.25) is 5.28 Å². The summed E-state index contributed by atoms with van der Waals surface area (Å²) in [4.78, 5) is 21.1. The smallest absolute Gasteiger partial charge is 0.226 e. The van der Waals surface area contributed by atoms with E-state index in [1.54, 1.807) is 11.3 Å². The quantitative estimate of drug-likeness (QED) is 0.719. The number of piperidine rings is 1. The van der Waals surface area contributed by atoms with Crippen LogP contribution in [0.25, 0.3) is 10.3 Å². The minimum Gasteiger partial charge on any atom is -0.378 e. The Morgan fingerprint density at radius 2 is 1.78 bits per heavy atom. The van der Waals surface area contributed by atoms with Crippen molar-refractivity contribution in [2.75, 3.05) is 57.4 Å². The number of halogens is 1. The maximum atomic E-state index is 6.18. The Morgan fingerprint density at radius 3 is 2.48 bits per heavy atom. The lowest BCUT2D eigenvalue weighted by molar-refractivity contribution is 0.0612. The molecule has 9 heteroatoms. The summed E-state index contributed by atoms with van der Waals surface area (Å²) in [5.41, 5.74) is 0.729. The topological polar surface area (TPSA) is 57.6 Å². The van der Waals surface area contributed by atoms with Gasteiger partial charge in [-0.2, -0.15) is 9.97 Å². The van der Waals surface area contributed by atoms with Crippen molar-refractivity contribution in [2.24, 2.45) is 0 Å². The molecule has 0 radical (unpaired) electrons. The van der Waals surface area contributed by atoms with Crippen molar-refractivity contribution in [2.45, 2.75) is 31.8 Å². The van der Waals surface area contributed by atoms with Gasteiger partial charge in [0, 0.05) is 32.2 Å². The third kappa shape index (κ3) is 3.78. The first kappa shape index (κ1) is 18.0. The van der Waals surface area contributed by atoms with Crippen molar-refractivity contribution in [1.82, 2.24) is 24.8 Å². The summed E-state index contributed by atoms with van der Waals surface area (Å²) in [6.07, 6.45) is 3.92. The molecule has 5 heterocycles. The number of nitrogens with zero attached hydrogens (tertiary/aromatic N) is 6. The first-order valence-corrected chi connectivity index (χ1v) is 11.1. The fraction of sp³-hybridized carbons (Fsp3) is 0.722. The number of aromatic nitrogens is 3. The van der Waals surface area contributed by atoms with Crippen LogP contribution in [0.5, 0.6) is 0 Å². The van der Waals surface area contributed by atoms with E-state index in [2.05, 4.69) is 24.7 Å². The molecular formula is C18H25ClN6OS. The highest BCUT2D eigenvalue weighted by Gasteiger charge is 2.28. The van der Waals surface area contributed by atoms with Gasteiger partial charge in [0.15, 0.2) is 11.5 Å². The zero-order valence-electron chi connectivity index (χ0n) is 15.4. The van der Waals surface area contributed by atoms with Gasteiger partial charge in [-0.1, -0.05) is 0 Å². The largest absolute Gasteiger partial charge is 0.378 e. The molecule has 2 aromatic rings. The summed E-state index contributed by atoms with van der Waals surface area (Å²) < 4.78 is 6.51. The zero-order valence-corrected chi connectivity index (χ0v) is 17.0. The minimum absolute atomic E-state index is 0.274. The van der Waals surface area contributed by atoms with Gasteiger partial charge < -0.3 is 14.5 Å². The molecule has 3 aliphatic rings. The van der Waals surface area contributed by atoms with Crippen molar-refractivity contribution >= 4 is 39.1 Å². The van der Waals surface area contributed by atoms with Gasteiger partial charge in [-0.05, 0) is 44.0 Å². The summed E-state index contributed by atoms with van der Waals surface area (Å²) in [6.45, 7) is 8.91. The molecular weight excluding hydrogens is 384 g/mol. The molecule has 0 spiro atoms. The molecule has 0 amide bonds. The highest BCUT2D eigenvalue weighted by atomic mass is 35.5. The van der Waals surface area contributed by atoms with Gasteiger partial charge in [-0.25, -0.2) is 4.98 Å². The lowest BCUT2D eigenvalue weighted by Crippen LogP contribution is -2.50. The highest BCUT2D eigenvalue weighted by Crippen LogP contribution is 2.32. The molecule has 0 aliphatic carbocycles. The maximum absolute atomic E-state index is 6.18. The average Bonchev–Trinajstić information content (AvgIpc) is 3.04. The zero-order chi connectivity index (χ0) is 18.2. The van der Waals surface area contributed by atoms with Crippen molar-refractivity contribution in [3.05, 3.63) is 10.3 Å². The Bertz CT molecular complexity index is 798. The van der Waals surface area contributed by atoms with Crippen molar-refractivity contribution < 1.29 is 4.74 Å². The van der Waals surface area contributed by atoms with Crippen molar-refractivity contribution in [3.8, 4) is 0 Å². The fourth-order valence-corrected chi connectivity index (χ4v) is 5.45. The number of anilines is 1. The number of hydrogen-bond donors (Lipinski definition) is 0. The van der Waals surface area contributed by atoms with E-state index in [0.29, 0.717) is 0 Å². The second-order valence-electron chi connectivity index (χ2n) is 7.57. The van der Waals surface area contributed by atoms with Crippen LogP contribution in [0.15, 0.2) is 0 Å². The third-order valence-corrected chi connectivity index (χ3v) is 7.08. The number of ether oxygens (including phenoxy) is 1. The fourth-order valence-electron chi connectivity index (χ4n) is 4.22. The molecule has 0 atom stereocenters. The molecule has 7 nitrogen and oxygen atoms in total. The maximum Gasteiger partial charge on any atom is 0.226 e. The van der Waals surface area contributed by atoms with Gasteiger partial charge in [0.2, 0.25) is 5.28 Å². The van der Waals surface area contributed by atoms with Gasteiger partial charge in [-0.15, -0.1) is 11.3 Å². The molecule has 5 rings (SSSR count). The molecule has 0 aromatic carbocycles. The third-order valence-electron chi connectivity index (χ3n) is 5.89. The van der Waals surface area contributed by atoms with E-state index in [9.17, 15) is 0 Å². The molecule has 3 aliphatic heterocycles. The van der Waals surface area contributed by atoms with Crippen LogP contribution in [-0.2, 0) is 11.3 Å². The monoisotopic (exact) mass is 408 g/mol. The summed E-state index contributed by atoms with van der Waals surface area (Å²) in [7, 11) is 0. The molecule has 2 aromatic heterocycles. The number of likely N-dealkylation sites (tertiary alicyclic amines) is 2. The minimum atomic E-state index is 0.274.